The minimum absolute atomic E-state index is 0.0334. The van der Waals surface area contributed by atoms with E-state index in [1.54, 1.807) is 0 Å². The summed E-state index contributed by atoms with van der Waals surface area (Å²) in [6.07, 6.45) is 1.46. The van der Waals surface area contributed by atoms with Crippen LogP contribution in [0.2, 0.25) is 0 Å². The molecule has 0 saturated carbocycles. The Morgan fingerprint density at radius 3 is 2.56 bits per heavy atom. The van der Waals surface area contributed by atoms with Crippen molar-refractivity contribution in [3.8, 4) is 6.07 Å². The molecule has 5 heteroatoms. The van der Waals surface area contributed by atoms with Gasteiger partial charge in [0.05, 0.1) is 0 Å². The van der Waals surface area contributed by atoms with Crippen molar-refractivity contribution in [3.05, 3.63) is 11.8 Å². The van der Waals surface area contributed by atoms with Gasteiger partial charge in [0, 0.05) is 25.3 Å². The molecule has 16 heavy (non-hydrogen) atoms. The third-order valence-electron chi connectivity index (χ3n) is 1.73. The van der Waals surface area contributed by atoms with Crippen molar-refractivity contribution >= 4 is 5.91 Å². The van der Waals surface area contributed by atoms with E-state index >= 15 is 0 Å². The third kappa shape index (κ3) is 6.85. The normalized spacial score (nSPS) is 11.4. The predicted octanol–water partition coefficient (Wildman–Crippen LogP) is 0.0697. The highest BCUT2D eigenvalue weighted by Crippen LogP contribution is 1.91. The summed E-state index contributed by atoms with van der Waals surface area (Å²) in [5.41, 5.74) is 0.104. The number of nitrogens with zero attached hydrogens (tertiary/aromatic N) is 2. The van der Waals surface area contributed by atoms with Crippen molar-refractivity contribution in [2.45, 2.75) is 19.9 Å². The molecule has 0 rings (SSSR count). The van der Waals surface area contributed by atoms with Gasteiger partial charge in [-0.05, 0) is 27.9 Å². The van der Waals surface area contributed by atoms with Gasteiger partial charge in [0.2, 0.25) is 0 Å². The van der Waals surface area contributed by atoms with Gasteiger partial charge in [-0.15, -0.1) is 0 Å². The zero-order valence-electron chi connectivity index (χ0n) is 10.4. The zero-order chi connectivity index (χ0) is 12.6. The maximum atomic E-state index is 11.5. The van der Waals surface area contributed by atoms with E-state index in [0.29, 0.717) is 6.54 Å². The molecule has 0 fully saturated rings. The lowest BCUT2D eigenvalue weighted by atomic mass is 10.2. The summed E-state index contributed by atoms with van der Waals surface area (Å²) < 4.78 is 0. The number of nitrogens with one attached hydrogen (secondary N) is 2. The molecule has 0 spiro atoms. The SMILES string of the molecule is CC(C)NC(=O)/C(C#N)=C\NCCN(C)C. The molecule has 0 aromatic carbocycles. The van der Waals surface area contributed by atoms with Crippen LogP contribution in [0.5, 0.6) is 0 Å². The van der Waals surface area contributed by atoms with Gasteiger partial charge in [-0.2, -0.15) is 5.26 Å². The summed E-state index contributed by atoms with van der Waals surface area (Å²) in [7, 11) is 3.92. The van der Waals surface area contributed by atoms with Crippen molar-refractivity contribution in [2.24, 2.45) is 0 Å². The lowest BCUT2D eigenvalue weighted by Gasteiger charge is -2.10. The number of nitriles is 1. The Morgan fingerprint density at radius 2 is 2.12 bits per heavy atom. The maximum Gasteiger partial charge on any atom is 0.263 e. The largest absolute Gasteiger partial charge is 0.388 e. The summed E-state index contributed by atoms with van der Waals surface area (Å²) in [6, 6.07) is 1.90. The van der Waals surface area contributed by atoms with Crippen LogP contribution in [0.4, 0.5) is 0 Å². The van der Waals surface area contributed by atoms with Gasteiger partial charge in [0.25, 0.3) is 5.91 Å². The van der Waals surface area contributed by atoms with Gasteiger partial charge >= 0.3 is 0 Å². The highest BCUT2D eigenvalue weighted by Gasteiger charge is 2.08. The Hall–Kier alpha value is -1.54. The number of carbonyl (C=O) groups is 1. The standard InChI is InChI=1S/C11H20N4O/c1-9(2)14-11(16)10(7-12)8-13-5-6-15(3)4/h8-9,13H,5-6H2,1-4H3,(H,14,16)/b10-8-. The van der Waals surface area contributed by atoms with Gasteiger partial charge in [0.1, 0.15) is 11.6 Å². The van der Waals surface area contributed by atoms with Gasteiger partial charge < -0.3 is 15.5 Å². The zero-order valence-corrected chi connectivity index (χ0v) is 10.4. The monoisotopic (exact) mass is 224 g/mol. The fraction of sp³-hybridized carbons (Fsp3) is 0.636. The second-order valence-electron chi connectivity index (χ2n) is 4.06. The molecule has 0 saturated heterocycles. The summed E-state index contributed by atoms with van der Waals surface area (Å²) in [4.78, 5) is 13.5. The molecule has 0 bridgehead atoms. The smallest absolute Gasteiger partial charge is 0.263 e. The van der Waals surface area contributed by atoms with Crippen LogP contribution >= 0.6 is 0 Å². The van der Waals surface area contributed by atoms with Crippen molar-refractivity contribution < 1.29 is 4.79 Å². The molecule has 0 unspecified atom stereocenters. The molecule has 5 nitrogen and oxygen atoms in total. The minimum Gasteiger partial charge on any atom is -0.388 e. The van der Waals surface area contributed by atoms with E-state index < -0.39 is 0 Å². The molecule has 0 atom stereocenters. The van der Waals surface area contributed by atoms with Gasteiger partial charge in [0.15, 0.2) is 0 Å². The molecule has 2 N–H and O–H groups in total. The summed E-state index contributed by atoms with van der Waals surface area (Å²) >= 11 is 0. The highest BCUT2D eigenvalue weighted by atomic mass is 16.1. The Bertz CT molecular complexity index is 289. The number of likely N-dealkylation sites (N-methyl/N-ethyl adjacent to an activating group) is 1. The van der Waals surface area contributed by atoms with Gasteiger partial charge in [-0.1, -0.05) is 0 Å². The van der Waals surface area contributed by atoms with Crippen LogP contribution in [0.3, 0.4) is 0 Å². The number of hydrogen-bond donors (Lipinski definition) is 2. The fourth-order valence-electron chi connectivity index (χ4n) is 0.951. The molecule has 0 radical (unpaired) electrons. The molecule has 1 amide bonds. The molecule has 0 aliphatic heterocycles. The summed E-state index contributed by atoms with van der Waals surface area (Å²) in [5, 5.41) is 14.4. The predicted molar refractivity (Wildman–Crippen MR) is 63.5 cm³/mol. The summed E-state index contributed by atoms with van der Waals surface area (Å²) in [5.74, 6) is -0.338. The van der Waals surface area contributed by atoms with Crippen LogP contribution in [0, 0.1) is 11.3 Å². The number of carbonyl (C=O) groups excluding carboxylic acids is 1. The number of amides is 1. The molecule has 0 aromatic rings. The van der Waals surface area contributed by atoms with Crippen LogP contribution in [-0.2, 0) is 4.79 Å². The highest BCUT2D eigenvalue weighted by molar-refractivity contribution is 5.97. The minimum atomic E-state index is -0.338. The van der Waals surface area contributed by atoms with Crippen LogP contribution < -0.4 is 10.6 Å². The third-order valence-corrected chi connectivity index (χ3v) is 1.73. The first-order chi connectivity index (χ1) is 7.47. The van der Waals surface area contributed by atoms with E-state index in [2.05, 4.69) is 10.6 Å². The lowest BCUT2D eigenvalue weighted by molar-refractivity contribution is -0.117. The number of hydrogen-bond acceptors (Lipinski definition) is 4. The molecule has 0 aliphatic rings. The maximum absolute atomic E-state index is 11.5. The van der Waals surface area contributed by atoms with Crippen LogP contribution in [0.1, 0.15) is 13.8 Å². The summed E-state index contributed by atoms with van der Waals surface area (Å²) in [6.45, 7) is 5.26. The molecular formula is C11H20N4O. The first-order valence-corrected chi connectivity index (χ1v) is 5.26. The van der Waals surface area contributed by atoms with Gasteiger partial charge in [-0.3, -0.25) is 4.79 Å². The molecule has 90 valence electrons. The van der Waals surface area contributed by atoms with E-state index in [1.807, 2.05) is 38.9 Å². The topological polar surface area (TPSA) is 68.2 Å². The van der Waals surface area contributed by atoms with Crippen molar-refractivity contribution in [1.29, 1.82) is 5.26 Å². The molecular weight excluding hydrogens is 204 g/mol. The van der Waals surface area contributed by atoms with Crippen molar-refractivity contribution in [2.75, 3.05) is 27.2 Å². The first kappa shape index (κ1) is 14.5. The van der Waals surface area contributed by atoms with E-state index in [0.717, 1.165) is 6.54 Å². The molecule has 0 aliphatic carbocycles. The quantitative estimate of drug-likeness (QED) is 0.380. The van der Waals surface area contributed by atoms with E-state index in [9.17, 15) is 4.79 Å². The van der Waals surface area contributed by atoms with Crippen molar-refractivity contribution in [3.63, 3.8) is 0 Å². The molecule has 0 heterocycles. The van der Waals surface area contributed by atoms with Crippen LogP contribution in [0.15, 0.2) is 11.8 Å². The van der Waals surface area contributed by atoms with Crippen molar-refractivity contribution in [1.82, 2.24) is 15.5 Å². The Kier molecular flexibility index (Phi) is 6.97. The Labute approximate surface area is 97.1 Å². The van der Waals surface area contributed by atoms with E-state index in [-0.39, 0.29) is 17.5 Å². The Balaban J connectivity index is 4.12. The number of rotatable bonds is 6. The van der Waals surface area contributed by atoms with Crippen LogP contribution in [0.25, 0.3) is 0 Å². The average Bonchev–Trinajstić information content (AvgIpc) is 2.16. The van der Waals surface area contributed by atoms with E-state index in [4.69, 9.17) is 5.26 Å². The van der Waals surface area contributed by atoms with Gasteiger partial charge in [-0.25, -0.2) is 0 Å². The lowest BCUT2D eigenvalue weighted by Crippen LogP contribution is -2.32. The second kappa shape index (κ2) is 7.71. The second-order valence-corrected chi connectivity index (χ2v) is 4.06. The Morgan fingerprint density at radius 1 is 1.50 bits per heavy atom. The molecule has 0 aromatic heterocycles. The first-order valence-electron chi connectivity index (χ1n) is 5.26. The van der Waals surface area contributed by atoms with E-state index in [1.165, 1.54) is 6.20 Å². The van der Waals surface area contributed by atoms with Crippen LogP contribution in [-0.4, -0.2) is 44.0 Å². The fourth-order valence-corrected chi connectivity index (χ4v) is 0.951. The average molecular weight is 224 g/mol.